The molecule has 1 aliphatic rings. The number of primary amides is 1. The number of benzene rings is 2. The highest BCUT2D eigenvalue weighted by molar-refractivity contribution is 5.98. The number of nitrogens with one attached hydrogen (secondary N) is 7. The molecule has 16 N–H and O–H groups in total. The first kappa shape index (κ1) is 61.8. The van der Waals surface area contributed by atoms with Crippen LogP contribution in [-0.2, 0) is 59.2 Å². The lowest BCUT2D eigenvalue weighted by molar-refractivity contribution is -0.144. The monoisotopic (exact) mass is 1050 g/mol. The summed E-state index contributed by atoms with van der Waals surface area (Å²) in [5, 5.41) is 45.7. The molecular formula is C50H73N11O14. The average molecular weight is 1050 g/mol. The van der Waals surface area contributed by atoms with Gasteiger partial charge in [0.2, 0.25) is 53.2 Å². The maximum absolute atomic E-state index is 14.3. The summed E-state index contributed by atoms with van der Waals surface area (Å²) in [6.45, 7) is 5.59. The lowest BCUT2D eigenvalue weighted by Crippen LogP contribution is -2.60. The number of likely N-dealkylation sites (tertiary alicyclic amines) is 1. The van der Waals surface area contributed by atoms with Crippen molar-refractivity contribution in [2.45, 2.75) is 146 Å². The second kappa shape index (κ2) is 30.6. The van der Waals surface area contributed by atoms with Crippen LogP contribution in [0.1, 0.15) is 91.0 Å². The standard InChI is InChI=1S/C50H73N11O14/c1-27(2)41(60-42(66)28(3)52)49(73)61-24-10-14-38(61)48(72)58-36(25-30-15-17-32(18-16-30)31-11-6-5-7-12-31)46(70)54-29(4)43(67)55-34(19-21-39(53)63)45(69)56-33(13-8-9-23-51)44(68)59-37(26-62)47(71)57-35(50(74)75)20-22-40(64)65/h5-7,11-12,15-18,27-29,33-38,41,62H,8-10,13-14,19-26,51-52H2,1-4H3,(H2,53,63)(H,54,70)(H,55,67)(H,56,69)(H,57,71)(H,58,72)(H,59,68)(H,60,66)(H,64,65)(H,74,75)/t28-,29-,33-,34-,35-,36-,37-,38-,41-/m0/s1. The smallest absolute Gasteiger partial charge is 0.326 e. The Hall–Kier alpha value is -7.51. The summed E-state index contributed by atoms with van der Waals surface area (Å²) in [5.74, 6) is -10.8. The Balaban J connectivity index is 1.86. The summed E-state index contributed by atoms with van der Waals surface area (Å²) in [7, 11) is 0. The van der Waals surface area contributed by atoms with E-state index in [0.717, 1.165) is 11.1 Å². The maximum atomic E-state index is 14.3. The molecule has 0 unspecified atom stereocenters. The van der Waals surface area contributed by atoms with E-state index in [-0.39, 0.29) is 51.1 Å². The number of amides is 9. The quantitative estimate of drug-likeness (QED) is 0.0351. The summed E-state index contributed by atoms with van der Waals surface area (Å²) in [4.78, 5) is 145. The third kappa shape index (κ3) is 20.0. The van der Waals surface area contributed by atoms with Crippen molar-refractivity contribution in [3.05, 3.63) is 60.2 Å². The number of carboxylic acids is 2. The van der Waals surface area contributed by atoms with Crippen molar-refractivity contribution in [3.63, 3.8) is 0 Å². The van der Waals surface area contributed by atoms with Gasteiger partial charge in [-0.25, -0.2) is 4.79 Å². The highest BCUT2D eigenvalue weighted by atomic mass is 16.4. The van der Waals surface area contributed by atoms with E-state index in [1.807, 2.05) is 42.5 Å². The first-order valence-electron chi connectivity index (χ1n) is 24.8. The zero-order valence-electron chi connectivity index (χ0n) is 42.7. The molecule has 1 saturated heterocycles. The van der Waals surface area contributed by atoms with Gasteiger partial charge in [0.25, 0.3) is 0 Å². The lowest BCUT2D eigenvalue weighted by atomic mass is 9.99. The van der Waals surface area contributed by atoms with E-state index in [9.17, 15) is 63.0 Å². The second-order valence-electron chi connectivity index (χ2n) is 18.8. The molecule has 25 heteroatoms. The number of unbranched alkanes of at least 4 members (excludes halogenated alkanes) is 1. The molecule has 1 aliphatic heterocycles. The van der Waals surface area contributed by atoms with E-state index >= 15 is 0 Å². The van der Waals surface area contributed by atoms with E-state index in [1.165, 1.54) is 18.7 Å². The summed E-state index contributed by atoms with van der Waals surface area (Å²) in [5.41, 5.74) is 19.2. The van der Waals surface area contributed by atoms with E-state index < -0.39 is 145 Å². The van der Waals surface area contributed by atoms with Gasteiger partial charge in [0, 0.05) is 25.8 Å². The van der Waals surface area contributed by atoms with E-state index in [1.54, 1.807) is 26.0 Å². The van der Waals surface area contributed by atoms with Gasteiger partial charge in [0.15, 0.2) is 0 Å². The van der Waals surface area contributed by atoms with Crippen LogP contribution >= 0.6 is 0 Å². The van der Waals surface area contributed by atoms with Gasteiger partial charge < -0.3 is 74.6 Å². The molecule has 0 aliphatic carbocycles. The summed E-state index contributed by atoms with van der Waals surface area (Å²) in [6, 6.07) is 4.58. The molecule has 1 fully saturated rings. The van der Waals surface area contributed by atoms with Crippen molar-refractivity contribution < 1.29 is 68.1 Å². The number of aliphatic carboxylic acids is 2. The number of nitrogens with zero attached hydrogens (tertiary/aromatic N) is 1. The molecule has 0 saturated carbocycles. The number of nitrogens with two attached hydrogens (primary N) is 3. The summed E-state index contributed by atoms with van der Waals surface area (Å²) >= 11 is 0. The average Bonchev–Trinajstić information content (AvgIpc) is 3.87. The number of carbonyl (C=O) groups excluding carboxylic acids is 9. The molecule has 25 nitrogen and oxygen atoms in total. The SMILES string of the molecule is CC(C)[C@H](NC(=O)[C@H](C)N)C(=O)N1CCC[C@H]1C(=O)N[C@@H](Cc1ccc(-c2ccccc2)cc1)C(=O)N[C@@H](C)C(=O)N[C@@H](CCC(N)=O)C(=O)N[C@@H](CCCCN)C(=O)N[C@@H](CO)C(=O)N[C@@H](CCC(=O)O)C(=O)O. The fourth-order valence-electron chi connectivity index (χ4n) is 7.99. The van der Waals surface area contributed by atoms with Gasteiger partial charge >= 0.3 is 11.9 Å². The minimum Gasteiger partial charge on any atom is -0.481 e. The summed E-state index contributed by atoms with van der Waals surface area (Å²) < 4.78 is 0. The fraction of sp³-hybridized carbons (Fsp3) is 0.540. The number of carboxylic acid groups (broad SMARTS) is 2. The van der Waals surface area contributed by atoms with Crippen LogP contribution in [0, 0.1) is 5.92 Å². The molecule has 9 atom stereocenters. The van der Waals surface area contributed by atoms with Gasteiger partial charge in [-0.2, -0.15) is 0 Å². The van der Waals surface area contributed by atoms with E-state index in [4.69, 9.17) is 22.3 Å². The largest absolute Gasteiger partial charge is 0.481 e. The minimum atomic E-state index is -1.76. The molecule has 1 heterocycles. The number of hydrogen-bond acceptors (Lipinski definition) is 14. The Bertz CT molecular complexity index is 2320. The highest BCUT2D eigenvalue weighted by Crippen LogP contribution is 2.23. The Morgan fingerprint density at radius 2 is 1.17 bits per heavy atom. The van der Waals surface area contributed by atoms with Gasteiger partial charge in [-0.3, -0.25) is 47.9 Å². The van der Waals surface area contributed by atoms with E-state index in [0.29, 0.717) is 18.4 Å². The van der Waals surface area contributed by atoms with Crippen molar-refractivity contribution in [2.24, 2.45) is 23.1 Å². The van der Waals surface area contributed by atoms with Gasteiger partial charge in [-0.05, 0) is 87.9 Å². The third-order valence-corrected chi connectivity index (χ3v) is 12.3. The van der Waals surface area contributed by atoms with Crippen LogP contribution in [-0.4, -0.2) is 159 Å². The number of rotatable bonds is 31. The molecule has 9 amide bonds. The Morgan fingerprint density at radius 1 is 0.627 bits per heavy atom. The first-order valence-corrected chi connectivity index (χ1v) is 24.8. The molecule has 412 valence electrons. The van der Waals surface area contributed by atoms with Crippen molar-refractivity contribution in [1.82, 2.24) is 42.1 Å². The molecular weight excluding hydrogens is 979 g/mol. The van der Waals surface area contributed by atoms with Gasteiger partial charge in [-0.15, -0.1) is 0 Å². The zero-order valence-corrected chi connectivity index (χ0v) is 42.7. The van der Waals surface area contributed by atoms with Crippen molar-refractivity contribution in [2.75, 3.05) is 19.7 Å². The Morgan fingerprint density at radius 3 is 1.73 bits per heavy atom. The molecule has 0 radical (unpaired) electrons. The predicted octanol–water partition coefficient (Wildman–Crippen LogP) is -2.36. The topological polar surface area (TPSA) is 414 Å². The number of aliphatic hydroxyl groups excluding tert-OH is 1. The molecule has 75 heavy (non-hydrogen) atoms. The van der Waals surface area contributed by atoms with Crippen LogP contribution in [0.25, 0.3) is 11.1 Å². The maximum Gasteiger partial charge on any atom is 0.326 e. The van der Waals surface area contributed by atoms with Crippen LogP contribution in [0.4, 0.5) is 0 Å². The minimum absolute atomic E-state index is 0.0817. The van der Waals surface area contributed by atoms with Crippen molar-refractivity contribution in [3.8, 4) is 11.1 Å². The van der Waals surface area contributed by atoms with Crippen molar-refractivity contribution in [1.29, 1.82) is 0 Å². The molecule has 3 rings (SSSR count). The van der Waals surface area contributed by atoms with Gasteiger partial charge in [-0.1, -0.05) is 68.4 Å². The van der Waals surface area contributed by atoms with Crippen molar-refractivity contribution >= 4 is 65.1 Å². The van der Waals surface area contributed by atoms with Crippen LogP contribution < -0.4 is 54.4 Å². The number of aliphatic hydroxyl groups is 1. The second-order valence-corrected chi connectivity index (χ2v) is 18.8. The molecule has 0 aromatic heterocycles. The number of carbonyl (C=O) groups is 11. The summed E-state index contributed by atoms with van der Waals surface area (Å²) in [6.07, 6.45) is -0.815. The van der Waals surface area contributed by atoms with E-state index in [2.05, 4.69) is 37.2 Å². The van der Waals surface area contributed by atoms with Crippen LogP contribution in [0.3, 0.4) is 0 Å². The predicted molar refractivity (Wildman–Crippen MR) is 271 cm³/mol. The molecule has 0 bridgehead atoms. The van der Waals surface area contributed by atoms with Crippen LogP contribution in [0.5, 0.6) is 0 Å². The molecule has 2 aromatic carbocycles. The molecule has 2 aromatic rings. The first-order chi connectivity index (χ1) is 35.5. The Labute approximate surface area is 434 Å². The Kier molecular flexibility index (Phi) is 25.2. The highest BCUT2D eigenvalue weighted by Gasteiger charge is 2.40. The lowest BCUT2D eigenvalue weighted by Gasteiger charge is -2.31. The fourth-order valence-corrected chi connectivity index (χ4v) is 7.99. The van der Waals surface area contributed by atoms with Crippen LogP contribution in [0.2, 0.25) is 0 Å². The van der Waals surface area contributed by atoms with Crippen LogP contribution in [0.15, 0.2) is 54.6 Å². The van der Waals surface area contributed by atoms with Gasteiger partial charge in [0.05, 0.1) is 12.6 Å². The zero-order chi connectivity index (χ0) is 55.9. The van der Waals surface area contributed by atoms with Gasteiger partial charge in [0.1, 0.15) is 48.3 Å². The normalized spacial score (nSPS) is 16.3. The molecule has 0 spiro atoms. The number of hydrogen-bond donors (Lipinski definition) is 13. The third-order valence-electron chi connectivity index (χ3n) is 12.3.